The number of aliphatic hydroxyl groups is 1. The molecule has 0 spiro atoms. The molecule has 0 atom stereocenters. The predicted octanol–water partition coefficient (Wildman–Crippen LogP) is 1.07. The number of carbonyl (C=O) groups is 1. The molecule has 0 radical (unpaired) electrons. The topological polar surface area (TPSA) is 52.6 Å². The summed E-state index contributed by atoms with van der Waals surface area (Å²) in [5.41, 5.74) is -0.375. The summed E-state index contributed by atoms with van der Waals surface area (Å²) in [4.78, 5) is 14.7. The molecule has 1 heterocycles. The number of amides is 1. The molecule has 4 nitrogen and oxygen atoms in total. The molecule has 5 heteroatoms. The van der Waals surface area contributed by atoms with Crippen molar-refractivity contribution in [3.8, 4) is 0 Å². The van der Waals surface area contributed by atoms with Crippen molar-refractivity contribution in [2.45, 2.75) is 25.9 Å². The van der Waals surface area contributed by atoms with Crippen LogP contribution in [0.15, 0.2) is 17.5 Å². The minimum absolute atomic E-state index is 0.0255. The lowest BCUT2D eigenvalue weighted by Gasteiger charge is -2.33. The van der Waals surface area contributed by atoms with E-state index in [9.17, 15) is 9.90 Å². The van der Waals surface area contributed by atoms with Crippen LogP contribution in [0, 0.1) is 0 Å². The van der Waals surface area contributed by atoms with Crippen LogP contribution in [0.4, 0.5) is 0 Å². The summed E-state index contributed by atoms with van der Waals surface area (Å²) < 4.78 is 0. The SMILES string of the molecule is CN(CC(=O)NCc1cccs1)C(C)(C)CO. The van der Waals surface area contributed by atoms with Gasteiger partial charge in [0.15, 0.2) is 0 Å². The highest BCUT2D eigenvalue weighted by Crippen LogP contribution is 2.10. The molecule has 1 aromatic heterocycles. The molecular formula is C12H20N2O2S. The van der Waals surface area contributed by atoms with Crippen LogP contribution in [0.25, 0.3) is 0 Å². The van der Waals surface area contributed by atoms with Crippen molar-refractivity contribution in [2.75, 3.05) is 20.2 Å². The third-order valence-electron chi connectivity index (χ3n) is 2.84. The maximum Gasteiger partial charge on any atom is 0.234 e. The predicted molar refractivity (Wildman–Crippen MR) is 70.0 cm³/mol. The van der Waals surface area contributed by atoms with E-state index < -0.39 is 0 Å². The fourth-order valence-corrected chi connectivity index (χ4v) is 1.85. The number of hydrogen-bond donors (Lipinski definition) is 2. The van der Waals surface area contributed by atoms with Gasteiger partial charge in [0.2, 0.25) is 5.91 Å². The van der Waals surface area contributed by atoms with Gasteiger partial charge in [0, 0.05) is 10.4 Å². The van der Waals surface area contributed by atoms with Crippen molar-refractivity contribution in [1.29, 1.82) is 0 Å². The average molecular weight is 256 g/mol. The lowest BCUT2D eigenvalue weighted by Crippen LogP contribution is -2.48. The molecule has 1 amide bonds. The third-order valence-corrected chi connectivity index (χ3v) is 3.72. The van der Waals surface area contributed by atoms with Crippen molar-refractivity contribution >= 4 is 17.2 Å². The highest BCUT2D eigenvalue weighted by molar-refractivity contribution is 7.09. The molecule has 0 aliphatic heterocycles. The zero-order chi connectivity index (χ0) is 12.9. The molecule has 0 fully saturated rings. The van der Waals surface area contributed by atoms with Gasteiger partial charge in [-0.3, -0.25) is 9.69 Å². The zero-order valence-electron chi connectivity index (χ0n) is 10.6. The molecule has 0 aromatic carbocycles. The summed E-state index contributed by atoms with van der Waals surface area (Å²) in [5, 5.41) is 14.0. The maximum absolute atomic E-state index is 11.7. The van der Waals surface area contributed by atoms with Gasteiger partial charge in [-0.25, -0.2) is 0 Å². The molecule has 1 rings (SSSR count). The van der Waals surface area contributed by atoms with E-state index in [1.165, 1.54) is 0 Å². The van der Waals surface area contributed by atoms with E-state index in [0.29, 0.717) is 13.1 Å². The molecule has 0 aliphatic carbocycles. The van der Waals surface area contributed by atoms with Crippen molar-refractivity contribution in [1.82, 2.24) is 10.2 Å². The molecule has 0 aliphatic rings. The van der Waals surface area contributed by atoms with E-state index in [0.717, 1.165) is 4.88 Å². The summed E-state index contributed by atoms with van der Waals surface area (Å²) >= 11 is 1.63. The molecule has 0 unspecified atom stereocenters. The summed E-state index contributed by atoms with van der Waals surface area (Å²) in [6.45, 7) is 4.70. The second kappa shape index (κ2) is 6.14. The van der Waals surface area contributed by atoms with Crippen LogP contribution in [0.1, 0.15) is 18.7 Å². The first-order chi connectivity index (χ1) is 7.95. The fourth-order valence-electron chi connectivity index (χ4n) is 1.20. The van der Waals surface area contributed by atoms with Crippen LogP contribution >= 0.6 is 11.3 Å². The Hall–Kier alpha value is -0.910. The van der Waals surface area contributed by atoms with E-state index in [-0.39, 0.29) is 18.1 Å². The van der Waals surface area contributed by atoms with E-state index in [1.807, 2.05) is 43.3 Å². The summed E-state index contributed by atoms with van der Waals surface area (Å²) in [7, 11) is 1.83. The number of carbonyl (C=O) groups excluding carboxylic acids is 1. The molecule has 1 aromatic rings. The van der Waals surface area contributed by atoms with Gasteiger partial charge in [0.1, 0.15) is 0 Å². The number of rotatable bonds is 6. The van der Waals surface area contributed by atoms with E-state index in [4.69, 9.17) is 0 Å². The first-order valence-corrected chi connectivity index (χ1v) is 6.45. The minimum Gasteiger partial charge on any atom is -0.394 e. The number of thiophene rings is 1. The van der Waals surface area contributed by atoms with Crippen LogP contribution in [0.2, 0.25) is 0 Å². The molecular weight excluding hydrogens is 236 g/mol. The second-order valence-corrected chi connectivity index (χ2v) is 5.71. The maximum atomic E-state index is 11.7. The van der Waals surface area contributed by atoms with E-state index in [1.54, 1.807) is 11.3 Å². The molecule has 17 heavy (non-hydrogen) atoms. The van der Waals surface area contributed by atoms with Gasteiger partial charge in [-0.2, -0.15) is 0 Å². The third kappa shape index (κ3) is 4.46. The van der Waals surface area contributed by atoms with Crippen LogP contribution in [-0.2, 0) is 11.3 Å². The molecule has 2 N–H and O–H groups in total. The Morgan fingerprint density at radius 3 is 2.82 bits per heavy atom. The van der Waals surface area contributed by atoms with Crippen LogP contribution < -0.4 is 5.32 Å². The highest BCUT2D eigenvalue weighted by Gasteiger charge is 2.23. The average Bonchev–Trinajstić information content (AvgIpc) is 2.79. The first kappa shape index (κ1) is 14.2. The summed E-state index contributed by atoms with van der Waals surface area (Å²) in [6, 6.07) is 3.96. The van der Waals surface area contributed by atoms with Crippen molar-refractivity contribution in [3.05, 3.63) is 22.4 Å². The van der Waals surface area contributed by atoms with Crippen molar-refractivity contribution < 1.29 is 9.90 Å². The first-order valence-electron chi connectivity index (χ1n) is 5.57. The van der Waals surface area contributed by atoms with Gasteiger partial charge >= 0.3 is 0 Å². The standard InChI is InChI=1S/C12H20N2O2S/c1-12(2,9-15)14(3)8-11(16)13-7-10-5-4-6-17-10/h4-6,15H,7-9H2,1-3H3,(H,13,16). The van der Waals surface area contributed by atoms with Crippen molar-refractivity contribution in [2.24, 2.45) is 0 Å². The second-order valence-electron chi connectivity index (χ2n) is 4.68. The monoisotopic (exact) mass is 256 g/mol. The largest absolute Gasteiger partial charge is 0.394 e. The molecule has 96 valence electrons. The lowest BCUT2D eigenvalue weighted by molar-refractivity contribution is -0.123. The normalized spacial score (nSPS) is 11.8. The van der Waals surface area contributed by atoms with Gasteiger partial charge in [-0.05, 0) is 32.3 Å². The number of nitrogens with zero attached hydrogens (tertiary/aromatic N) is 1. The van der Waals surface area contributed by atoms with Gasteiger partial charge in [0.25, 0.3) is 0 Å². The summed E-state index contributed by atoms with van der Waals surface area (Å²) in [5.74, 6) is -0.0255. The number of aliphatic hydroxyl groups excluding tert-OH is 1. The molecule has 0 saturated heterocycles. The van der Waals surface area contributed by atoms with Crippen LogP contribution in [-0.4, -0.2) is 41.7 Å². The van der Waals surface area contributed by atoms with Crippen molar-refractivity contribution in [3.63, 3.8) is 0 Å². The van der Waals surface area contributed by atoms with Crippen LogP contribution in [0.3, 0.4) is 0 Å². The Bertz CT molecular complexity index is 349. The number of hydrogen-bond acceptors (Lipinski definition) is 4. The van der Waals surface area contributed by atoms with Gasteiger partial charge in [0.05, 0.1) is 19.7 Å². The quantitative estimate of drug-likeness (QED) is 0.800. The molecule has 0 saturated carbocycles. The Morgan fingerprint density at radius 2 is 2.29 bits per heavy atom. The Labute approximate surface area is 106 Å². The lowest BCUT2D eigenvalue weighted by atomic mass is 10.1. The Morgan fingerprint density at radius 1 is 1.59 bits per heavy atom. The Kier molecular flexibility index (Phi) is 5.11. The van der Waals surface area contributed by atoms with Gasteiger partial charge < -0.3 is 10.4 Å². The van der Waals surface area contributed by atoms with E-state index >= 15 is 0 Å². The van der Waals surface area contributed by atoms with Gasteiger partial charge in [-0.15, -0.1) is 11.3 Å². The Balaban J connectivity index is 2.34. The fraction of sp³-hybridized carbons (Fsp3) is 0.583. The minimum atomic E-state index is -0.375. The zero-order valence-corrected chi connectivity index (χ0v) is 11.4. The highest BCUT2D eigenvalue weighted by atomic mass is 32.1. The van der Waals surface area contributed by atoms with Crippen LogP contribution in [0.5, 0.6) is 0 Å². The smallest absolute Gasteiger partial charge is 0.234 e. The number of nitrogens with one attached hydrogen (secondary N) is 1. The van der Waals surface area contributed by atoms with E-state index in [2.05, 4.69) is 5.32 Å². The number of likely N-dealkylation sites (N-methyl/N-ethyl adjacent to an activating group) is 1. The molecule has 0 bridgehead atoms. The summed E-state index contributed by atoms with van der Waals surface area (Å²) in [6.07, 6.45) is 0. The van der Waals surface area contributed by atoms with Gasteiger partial charge in [-0.1, -0.05) is 6.07 Å².